The molecule has 0 aliphatic carbocycles. The maximum Gasteiger partial charge on any atom is 0.251 e. The van der Waals surface area contributed by atoms with Crippen LogP contribution in [0.4, 0.5) is 0 Å². The zero-order valence-electron chi connectivity index (χ0n) is 14.6. The molecule has 0 unspecified atom stereocenters. The molecule has 1 heterocycles. The number of amides is 1. The molecule has 1 saturated heterocycles. The van der Waals surface area contributed by atoms with Crippen molar-refractivity contribution in [1.29, 1.82) is 0 Å². The summed E-state index contributed by atoms with van der Waals surface area (Å²) in [5.74, 6) is -0.0453. The molecule has 3 rings (SSSR count). The van der Waals surface area contributed by atoms with Crippen LogP contribution in [-0.4, -0.2) is 37.0 Å². The predicted octanol–water partition coefficient (Wildman–Crippen LogP) is 3.23. The summed E-state index contributed by atoms with van der Waals surface area (Å²) in [6.07, 6.45) is 2.60. The summed E-state index contributed by atoms with van der Waals surface area (Å²) >= 11 is 0. The second kappa shape index (κ2) is 9.35. The number of nitrogens with one attached hydrogen (secondary N) is 1. The summed E-state index contributed by atoms with van der Waals surface area (Å²) < 4.78 is 5.58. The van der Waals surface area contributed by atoms with Crippen LogP contribution in [0.1, 0.15) is 34.3 Å². The van der Waals surface area contributed by atoms with Gasteiger partial charge < -0.3 is 10.1 Å². The molecule has 2 aromatic rings. The SMILES string of the molecule is O=C(NCCOCc1ccccc1)c1ccc(CN2CCCC2)cc1. The van der Waals surface area contributed by atoms with Gasteiger partial charge in [0.25, 0.3) is 5.91 Å². The van der Waals surface area contributed by atoms with E-state index in [1.54, 1.807) is 0 Å². The molecule has 0 aromatic heterocycles. The topological polar surface area (TPSA) is 41.6 Å². The summed E-state index contributed by atoms with van der Waals surface area (Å²) in [6, 6.07) is 18.0. The van der Waals surface area contributed by atoms with Gasteiger partial charge in [0, 0.05) is 18.7 Å². The Kier molecular flexibility index (Phi) is 6.60. The van der Waals surface area contributed by atoms with Crippen LogP contribution < -0.4 is 5.32 Å². The summed E-state index contributed by atoms with van der Waals surface area (Å²) in [4.78, 5) is 14.6. The van der Waals surface area contributed by atoms with E-state index in [-0.39, 0.29) is 5.91 Å². The molecule has 2 aromatic carbocycles. The van der Waals surface area contributed by atoms with Crippen molar-refractivity contribution < 1.29 is 9.53 Å². The summed E-state index contributed by atoms with van der Waals surface area (Å²) in [6.45, 7) is 4.95. The van der Waals surface area contributed by atoms with Crippen molar-refractivity contribution in [3.8, 4) is 0 Å². The van der Waals surface area contributed by atoms with E-state index < -0.39 is 0 Å². The Bertz CT molecular complexity index is 649. The van der Waals surface area contributed by atoms with Crippen molar-refractivity contribution in [2.24, 2.45) is 0 Å². The van der Waals surface area contributed by atoms with Gasteiger partial charge in [-0.15, -0.1) is 0 Å². The van der Waals surface area contributed by atoms with Gasteiger partial charge in [-0.05, 0) is 49.2 Å². The molecule has 1 aliphatic rings. The lowest BCUT2D eigenvalue weighted by atomic mass is 10.1. The molecule has 0 radical (unpaired) electrons. The highest BCUT2D eigenvalue weighted by Crippen LogP contribution is 2.13. The van der Waals surface area contributed by atoms with E-state index in [0.29, 0.717) is 25.3 Å². The van der Waals surface area contributed by atoms with Crippen molar-refractivity contribution in [2.45, 2.75) is 26.0 Å². The van der Waals surface area contributed by atoms with Crippen molar-refractivity contribution >= 4 is 5.91 Å². The van der Waals surface area contributed by atoms with Gasteiger partial charge in [-0.1, -0.05) is 42.5 Å². The number of ether oxygens (including phenoxy) is 1. The van der Waals surface area contributed by atoms with Crippen molar-refractivity contribution in [3.05, 3.63) is 71.3 Å². The van der Waals surface area contributed by atoms with Crippen LogP contribution >= 0.6 is 0 Å². The number of carbonyl (C=O) groups excluding carboxylic acids is 1. The minimum atomic E-state index is -0.0453. The second-order valence-electron chi connectivity index (χ2n) is 6.47. The van der Waals surface area contributed by atoms with Crippen LogP contribution in [0, 0.1) is 0 Å². The zero-order chi connectivity index (χ0) is 17.3. The van der Waals surface area contributed by atoms with E-state index in [1.807, 2.05) is 42.5 Å². The zero-order valence-corrected chi connectivity index (χ0v) is 14.6. The van der Waals surface area contributed by atoms with Gasteiger partial charge in [0.05, 0.1) is 13.2 Å². The fraction of sp³-hybridized carbons (Fsp3) is 0.381. The van der Waals surface area contributed by atoms with Gasteiger partial charge in [-0.25, -0.2) is 0 Å². The Hall–Kier alpha value is -2.17. The molecule has 1 N–H and O–H groups in total. The van der Waals surface area contributed by atoms with Crippen LogP contribution in [0.25, 0.3) is 0 Å². The van der Waals surface area contributed by atoms with E-state index in [1.165, 1.54) is 31.5 Å². The first kappa shape index (κ1) is 17.6. The molecular formula is C21H26N2O2. The maximum atomic E-state index is 12.2. The number of carbonyl (C=O) groups is 1. The molecule has 1 amide bonds. The normalized spacial score (nSPS) is 14.6. The van der Waals surface area contributed by atoms with Gasteiger partial charge >= 0.3 is 0 Å². The third kappa shape index (κ3) is 5.69. The van der Waals surface area contributed by atoms with E-state index in [2.05, 4.69) is 22.3 Å². The lowest BCUT2D eigenvalue weighted by Crippen LogP contribution is -2.27. The van der Waals surface area contributed by atoms with Crippen LogP contribution in [-0.2, 0) is 17.9 Å². The van der Waals surface area contributed by atoms with Gasteiger partial charge in [0.15, 0.2) is 0 Å². The molecule has 25 heavy (non-hydrogen) atoms. The van der Waals surface area contributed by atoms with Crippen molar-refractivity contribution in [3.63, 3.8) is 0 Å². The number of hydrogen-bond acceptors (Lipinski definition) is 3. The Morgan fingerprint density at radius 2 is 1.68 bits per heavy atom. The third-order valence-electron chi connectivity index (χ3n) is 4.46. The van der Waals surface area contributed by atoms with Gasteiger partial charge in [-0.2, -0.15) is 0 Å². The molecular weight excluding hydrogens is 312 g/mol. The first-order chi connectivity index (χ1) is 12.3. The van der Waals surface area contributed by atoms with Crippen LogP contribution in [0.15, 0.2) is 54.6 Å². The predicted molar refractivity (Wildman–Crippen MR) is 99.4 cm³/mol. The quantitative estimate of drug-likeness (QED) is 0.752. The van der Waals surface area contributed by atoms with Crippen molar-refractivity contribution in [2.75, 3.05) is 26.2 Å². The van der Waals surface area contributed by atoms with E-state index in [9.17, 15) is 4.79 Å². The molecule has 132 valence electrons. The number of nitrogens with zero attached hydrogens (tertiary/aromatic N) is 1. The summed E-state index contributed by atoms with van der Waals surface area (Å²) in [7, 11) is 0. The number of rotatable bonds is 8. The number of hydrogen-bond donors (Lipinski definition) is 1. The average molecular weight is 338 g/mol. The number of benzene rings is 2. The monoisotopic (exact) mass is 338 g/mol. The molecule has 0 spiro atoms. The third-order valence-corrected chi connectivity index (χ3v) is 4.46. The van der Waals surface area contributed by atoms with Crippen LogP contribution in [0.5, 0.6) is 0 Å². The lowest BCUT2D eigenvalue weighted by Gasteiger charge is -2.14. The van der Waals surface area contributed by atoms with Gasteiger partial charge in [-0.3, -0.25) is 9.69 Å². The smallest absolute Gasteiger partial charge is 0.251 e. The molecule has 0 saturated carbocycles. The van der Waals surface area contributed by atoms with E-state index in [4.69, 9.17) is 4.74 Å². The highest BCUT2D eigenvalue weighted by molar-refractivity contribution is 5.94. The highest BCUT2D eigenvalue weighted by Gasteiger charge is 2.12. The lowest BCUT2D eigenvalue weighted by molar-refractivity contribution is 0.0901. The summed E-state index contributed by atoms with van der Waals surface area (Å²) in [5.41, 5.74) is 3.11. The van der Waals surface area contributed by atoms with E-state index in [0.717, 1.165) is 12.1 Å². The van der Waals surface area contributed by atoms with Crippen LogP contribution in [0.3, 0.4) is 0 Å². The first-order valence-corrected chi connectivity index (χ1v) is 9.02. The standard InChI is InChI=1S/C21H26N2O2/c24-21(22-12-15-25-17-19-6-2-1-3-7-19)20-10-8-18(9-11-20)16-23-13-4-5-14-23/h1-3,6-11H,4-5,12-17H2,(H,22,24). The minimum Gasteiger partial charge on any atom is -0.375 e. The van der Waals surface area contributed by atoms with Crippen LogP contribution in [0.2, 0.25) is 0 Å². The highest BCUT2D eigenvalue weighted by atomic mass is 16.5. The van der Waals surface area contributed by atoms with Gasteiger partial charge in [0.2, 0.25) is 0 Å². The number of likely N-dealkylation sites (tertiary alicyclic amines) is 1. The molecule has 4 heteroatoms. The minimum absolute atomic E-state index is 0.0453. The molecule has 1 aliphatic heterocycles. The Morgan fingerprint density at radius 3 is 2.40 bits per heavy atom. The van der Waals surface area contributed by atoms with Gasteiger partial charge in [0.1, 0.15) is 0 Å². The van der Waals surface area contributed by atoms with Crippen molar-refractivity contribution in [1.82, 2.24) is 10.2 Å². The Balaban J connectivity index is 1.36. The molecule has 0 bridgehead atoms. The van der Waals surface area contributed by atoms with E-state index >= 15 is 0 Å². The average Bonchev–Trinajstić information content (AvgIpc) is 3.16. The molecule has 1 fully saturated rings. The second-order valence-corrected chi connectivity index (χ2v) is 6.47. The fourth-order valence-corrected chi connectivity index (χ4v) is 3.06. The maximum absolute atomic E-state index is 12.2. The molecule has 0 atom stereocenters. The summed E-state index contributed by atoms with van der Waals surface area (Å²) in [5, 5.41) is 2.90. The Morgan fingerprint density at radius 1 is 0.960 bits per heavy atom. The largest absolute Gasteiger partial charge is 0.375 e. The first-order valence-electron chi connectivity index (χ1n) is 9.02. The molecule has 4 nitrogen and oxygen atoms in total. The Labute approximate surface area is 149 Å². The fourth-order valence-electron chi connectivity index (χ4n) is 3.06.